The van der Waals surface area contributed by atoms with Crippen molar-refractivity contribution in [3.8, 4) is 0 Å². The zero-order chi connectivity index (χ0) is 29.0. The van der Waals surface area contributed by atoms with Gasteiger partial charge in [0.2, 0.25) is 0 Å². The van der Waals surface area contributed by atoms with Crippen LogP contribution in [0.1, 0.15) is 0 Å². The Morgan fingerprint density at radius 1 is 0.615 bits per heavy atom. The molecule has 0 aromatic rings. The summed E-state index contributed by atoms with van der Waals surface area (Å²) in [6.07, 6.45) is -24.6. The lowest BCUT2D eigenvalue weighted by Gasteiger charge is -2.46. The fourth-order valence-electron chi connectivity index (χ4n) is 4.28. The Morgan fingerprint density at radius 2 is 1.10 bits per heavy atom. The fourth-order valence-corrected chi connectivity index (χ4v) is 4.28. The average molecular weight is 579 g/mol. The van der Waals surface area contributed by atoms with Gasteiger partial charge >= 0.3 is 0 Å². The van der Waals surface area contributed by atoms with Gasteiger partial charge in [-0.2, -0.15) is 0 Å². The van der Waals surface area contributed by atoms with E-state index in [0.29, 0.717) is 5.17 Å². The van der Waals surface area contributed by atoms with Crippen molar-refractivity contribution >= 4 is 0 Å². The number of hydrogen-bond acceptors (Lipinski definition) is 19. The van der Waals surface area contributed by atoms with Crippen LogP contribution in [0.5, 0.6) is 0 Å². The van der Waals surface area contributed by atoms with Gasteiger partial charge in [-0.1, -0.05) is 0 Å². The van der Waals surface area contributed by atoms with Gasteiger partial charge in [0.05, 0.1) is 19.8 Å². The molecule has 0 spiro atoms. The molecule has 19 nitrogen and oxygen atoms in total. The quantitative estimate of drug-likeness (QED) is 0.0800. The first kappa shape index (κ1) is 32.8. The maximum absolute atomic E-state index is 10.7. The summed E-state index contributed by atoms with van der Waals surface area (Å²) in [6, 6.07) is 0. The summed E-state index contributed by atoms with van der Waals surface area (Å²) < 4.78 is 32.2. The molecule has 0 radical (unpaired) electrons. The van der Waals surface area contributed by atoms with E-state index in [2.05, 4.69) is 5.43 Å². The number of hydroxylamine groups is 1. The second kappa shape index (κ2) is 14.4. The maximum Gasteiger partial charge on any atom is 0.188 e. The van der Waals surface area contributed by atoms with E-state index in [1.54, 1.807) is 0 Å². The molecule has 39 heavy (non-hydrogen) atoms. The highest BCUT2D eigenvalue weighted by Crippen LogP contribution is 2.30. The first-order valence-corrected chi connectivity index (χ1v) is 12.1. The first-order chi connectivity index (χ1) is 18.4. The van der Waals surface area contributed by atoms with E-state index >= 15 is 0 Å². The van der Waals surface area contributed by atoms with Gasteiger partial charge in [-0.15, -0.1) is 5.17 Å². The highest BCUT2D eigenvalue weighted by Gasteiger charge is 2.51. The van der Waals surface area contributed by atoms with Crippen molar-refractivity contribution in [2.45, 2.75) is 92.1 Å². The van der Waals surface area contributed by atoms with Crippen molar-refractivity contribution in [1.29, 1.82) is 0 Å². The number of ether oxygens (including phenoxy) is 6. The van der Waals surface area contributed by atoms with E-state index < -0.39 is 112 Å². The third kappa shape index (κ3) is 7.55. The van der Waals surface area contributed by atoms with Crippen LogP contribution >= 0.6 is 0 Å². The van der Waals surface area contributed by atoms with Gasteiger partial charge in [-0.3, -0.25) is 5.21 Å². The standard InChI is InChI=1S/C20H38N2O17/c1-22(33)21-5-35-19-16(32)17(11(27)7(3-24)37-19)39-20-15(31)13(29)10(26)8(38-20)4-34-18-14(30)12(28)9(25)6(2-23)36-18/h6-21,23-33H,2-5H2,1H3/t6-,7-,8-,9-,10+,11-,12-,13-,14-,15-,16-,17+,18-,19-,20+/m1/s1. The Morgan fingerprint density at radius 3 is 1.67 bits per heavy atom. The number of nitrogens with one attached hydrogen (secondary N) is 1. The summed E-state index contributed by atoms with van der Waals surface area (Å²) in [5.41, 5.74) is 2.33. The van der Waals surface area contributed by atoms with E-state index in [4.69, 9.17) is 33.6 Å². The molecule has 3 aliphatic rings. The molecule has 0 amide bonds. The molecule has 0 unspecified atom stereocenters. The number of aliphatic hydroxyl groups is 10. The van der Waals surface area contributed by atoms with Crippen LogP contribution in [-0.4, -0.2) is 187 Å². The summed E-state index contributed by atoms with van der Waals surface area (Å²) >= 11 is 0. The van der Waals surface area contributed by atoms with Gasteiger partial charge in [0.15, 0.2) is 18.9 Å². The molecule has 0 aliphatic carbocycles. The van der Waals surface area contributed by atoms with Crippen molar-refractivity contribution in [1.82, 2.24) is 10.6 Å². The van der Waals surface area contributed by atoms with Crippen LogP contribution in [0.4, 0.5) is 0 Å². The fraction of sp³-hybridized carbons (Fsp3) is 1.00. The molecule has 3 heterocycles. The zero-order valence-corrected chi connectivity index (χ0v) is 20.8. The minimum Gasteiger partial charge on any atom is -0.394 e. The number of rotatable bonds is 11. The minimum atomic E-state index is -1.90. The molecular formula is C20H38N2O17. The molecule has 3 fully saturated rings. The maximum atomic E-state index is 10.7. The molecule has 19 heteroatoms. The van der Waals surface area contributed by atoms with Crippen LogP contribution in [0.25, 0.3) is 0 Å². The Labute approximate surface area is 221 Å². The van der Waals surface area contributed by atoms with E-state index in [0.717, 1.165) is 0 Å². The minimum absolute atomic E-state index is 0.374. The van der Waals surface area contributed by atoms with E-state index in [9.17, 15) is 51.1 Å². The number of aliphatic hydroxyl groups excluding tert-OH is 10. The van der Waals surface area contributed by atoms with E-state index in [1.807, 2.05) is 0 Å². The molecule has 15 atom stereocenters. The molecule has 0 aromatic carbocycles. The monoisotopic (exact) mass is 578 g/mol. The topological polar surface area (TPSA) is 293 Å². The first-order valence-electron chi connectivity index (χ1n) is 12.1. The van der Waals surface area contributed by atoms with Crippen LogP contribution in [0.2, 0.25) is 0 Å². The average Bonchev–Trinajstić information content (AvgIpc) is 2.90. The van der Waals surface area contributed by atoms with Gasteiger partial charge in [0, 0.05) is 7.05 Å². The number of hydrazine groups is 1. The lowest BCUT2D eigenvalue weighted by atomic mass is 9.97. The third-order valence-electron chi connectivity index (χ3n) is 6.60. The van der Waals surface area contributed by atoms with Gasteiger partial charge < -0.3 is 79.5 Å². The summed E-state index contributed by atoms with van der Waals surface area (Å²) in [4.78, 5) is 0. The smallest absolute Gasteiger partial charge is 0.188 e. The van der Waals surface area contributed by atoms with Crippen LogP contribution in [-0.2, 0) is 28.4 Å². The van der Waals surface area contributed by atoms with Crippen LogP contribution in [0, 0.1) is 0 Å². The highest BCUT2D eigenvalue weighted by atomic mass is 16.8. The highest BCUT2D eigenvalue weighted by molar-refractivity contribution is 4.95. The predicted octanol–water partition coefficient (Wildman–Crippen LogP) is -7.77. The molecule has 0 aromatic heterocycles. The largest absolute Gasteiger partial charge is 0.394 e. The molecule has 230 valence electrons. The molecule has 0 saturated carbocycles. The molecule has 3 saturated heterocycles. The number of nitrogens with zero attached hydrogens (tertiary/aromatic N) is 1. The van der Waals surface area contributed by atoms with E-state index in [-0.39, 0.29) is 6.73 Å². The van der Waals surface area contributed by atoms with Gasteiger partial charge in [0.25, 0.3) is 0 Å². The Balaban J connectivity index is 1.67. The SMILES string of the molecule is CN(O)NCO[C@@H]1O[C@H](CO)[C@@H](O)[C@H](O[C@@H]2O[C@H](CO[C@@H]3O[C@H](CO)[C@@H](O)[C@@H](O)[C@H]3O)[C@H](O)[C@@H](O)[C@H]2O)[C@H]1O. The van der Waals surface area contributed by atoms with Crippen molar-refractivity contribution in [3.63, 3.8) is 0 Å². The van der Waals surface area contributed by atoms with Crippen molar-refractivity contribution in [3.05, 3.63) is 0 Å². The predicted molar refractivity (Wildman–Crippen MR) is 118 cm³/mol. The third-order valence-corrected chi connectivity index (χ3v) is 6.60. The normalized spacial score (nSPS) is 47.5. The summed E-state index contributed by atoms with van der Waals surface area (Å²) in [6.45, 7) is -2.44. The van der Waals surface area contributed by atoms with Gasteiger partial charge in [-0.05, 0) is 0 Å². The zero-order valence-electron chi connectivity index (χ0n) is 20.8. The van der Waals surface area contributed by atoms with Gasteiger partial charge in [-0.25, -0.2) is 5.43 Å². The lowest BCUT2D eigenvalue weighted by molar-refractivity contribution is -0.367. The second-order valence-electron chi connectivity index (χ2n) is 9.35. The summed E-state index contributed by atoms with van der Waals surface area (Å²) in [5, 5.41) is 111. The molecule has 3 rings (SSSR count). The summed E-state index contributed by atoms with van der Waals surface area (Å²) in [7, 11) is 1.24. The Kier molecular flexibility index (Phi) is 12.1. The van der Waals surface area contributed by atoms with Crippen LogP contribution in [0.3, 0.4) is 0 Å². The van der Waals surface area contributed by atoms with Crippen molar-refractivity contribution in [2.24, 2.45) is 0 Å². The van der Waals surface area contributed by atoms with Crippen molar-refractivity contribution < 1.29 is 84.7 Å². The molecule has 0 bridgehead atoms. The van der Waals surface area contributed by atoms with Crippen LogP contribution in [0.15, 0.2) is 0 Å². The van der Waals surface area contributed by atoms with Crippen LogP contribution < -0.4 is 5.43 Å². The molecule has 3 aliphatic heterocycles. The van der Waals surface area contributed by atoms with Crippen molar-refractivity contribution in [2.75, 3.05) is 33.6 Å². The Bertz CT molecular complexity index is 738. The Hall–Kier alpha value is -0.760. The van der Waals surface area contributed by atoms with Gasteiger partial charge in [0.1, 0.15) is 80.0 Å². The number of hydrogen-bond donors (Lipinski definition) is 12. The summed E-state index contributed by atoms with van der Waals surface area (Å²) in [5.74, 6) is 0. The molecule has 12 N–H and O–H groups in total. The second-order valence-corrected chi connectivity index (χ2v) is 9.35. The van der Waals surface area contributed by atoms with E-state index in [1.165, 1.54) is 7.05 Å². The molecular weight excluding hydrogens is 540 g/mol. The lowest BCUT2D eigenvalue weighted by Crippen LogP contribution is -2.65.